The van der Waals surface area contributed by atoms with Gasteiger partial charge in [-0.2, -0.15) is 0 Å². The smallest absolute Gasteiger partial charge is 0.340 e. The first-order chi connectivity index (χ1) is 18.1. The maximum absolute atomic E-state index is 13.1. The van der Waals surface area contributed by atoms with Gasteiger partial charge in [-0.15, -0.1) is 0 Å². The van der Waals surface area contributed by atoms with E-state index in [0.717, 1.165) is 5.56 Å². The summed E-state index contributed by atoms with van der Waals surface area (Å²) in [6.07, 6.45) is 0. The Bertz CT molecular complexity index is 1390. The van der Waals surface area contributed by atoms with Gasteiger partial charge in [0, 0.05) is 18.7 Å². The third-order valence-electron chi connectivity index (χ3n) is 5.59. The average Bonchev–Trinajstić information content (AvgIpc) is 2.92. The third-order valence-corrected chi connectivity index (χ3v) is 7.51. The summed E-state index contributed by atoms with van der Waals surface area (Å²) in [5.41, 5.74) is 1.67. The molecule has 10 nitrogen and oxygen atoms in total. The number of hydrogen-bond acceptors (Lipinski definition) is 8. The molecule has 0 bridgehead atoms. The maximum atomic E-state index is 13.1. The van der Waals surface area contributed by atoms with E-state index in [4.69, 9.17) is 18.9 Å². The van der Waals surface area contributed by atoms with Crippen LogP contribution in [-0.2, 0) is 19.6 Å². The third kappa shape index (κ3) is 6.35. The van der Waals surface area contributed by atoms with Crippen LogP contribution < -0.4 is 23.8 Å². The van der Waals surface area contributed by atoms with E-state index in [1.54, 1.807) is 55.5 Å². The molecule has 0 radical (unpaired) electrons. The molecule has 0 aromatic heterocycles. The van der Waals surface area contributed by atoms with Crippen LogP contribution >= 0.6 is 0 Å². The van der Waals surface area contributed by atoms with Crippen molar-refractivity contribution >= 4 is 33.3 Å². The van der Waals surface area contributed by atoms with Gasteiger partial charge in [-0.1, -0.05) is 17.7 Å². The zero-order valence-electron chi connectivity index (χ0n) is 21.8. The molecule has 0 aliphatic heterocycles. The molecule has 0 heterocycles. The highest BCUT2D eigenvalue weighted by Crippen LogP contribution is 2.34. The minimum Gasteiger partial charge on any atom is -0.493 e. The molecule has 11 heteroatoms. The molecule has 0 spiro atoms. The van der Waals surface area contributed by atoms with Crippen LogP contribution in [0.1, 0.15) is 22.8 Å². The lowest BCUT2D eigenvalue weighted by Gasteiger charge is -2.23. The van der Waals surface area contributed by atoms with E-state index in [2.05, 4.69) is 5.32 Å². The molecular formula is C27H30N2O8S. The van der Waals surface area contributed by atoms with Crippen molar-refractivity contribution in [2.45, 2.75) is 18.7 Å². The van der Waals surface area contributed by atoms with Gasteiger partial charge in [0.1, 0.15) is 5.75 Å². The molecule has 1 amide bonds. The number of aryl methyl sites for hydroxylation is 1. The van der Waals surface area contributed by atoms with E-state index in [-0.39, 0.29) is 29.3 Å². The molecule has 0 atom stereocenters. The lowest BCUT2D eigenvalue weighted by atomic mass is 10.1. The number of esters is 1. The highest BCUT2D eigenvalue weighted by molar-refractivity contribution is 7.92. The summed E-state index contributed by atoms with van der Waals surface area (Å²) in [5, 5.41) is 2.61. The predicted molar refractivity (Wildman–Crippen MR) is 143 cm³/mol. The van der Waals surface area contributed by atoms with Gasteiger partial charge in [0.15, 0.2) is 18.1 Å². The second-order valence-corrected chi connectivity index (χ2v) is 9.92. The van der Waals surface area contributed by atoms with Crippen LogP contribution in [0.15, 0.2) is 65.6 Å². The first-order valence-electron chi connectivity index (χ1n) is 11.6. The Morgan fingerprint density at radius 1 is 0.895 bits per heavy atom. The number of ether oxygens (including phenoxy) is 4. The Labute approximate surface area is 222 Å². The van der Waals surface area contributed by atoms with Crippen LogP contribution in [0.2, 0.25) is 0 Å². The van der Waals surface area contributed by atoms with Crippen LogP contribution in [-0.4, -0.2) is 54.8 Å². The predicted octanol–water partition coefficient (Wildman–Crippen LogP) is 4.03. The van der Waals surface area contributed by atoms with Crippen molar-refractivity contribution in [2.75, 3.05) is 44.1 Å². The molecule has 0 aliphatic rings. The summed E-state index contributed by atoms with van der Waals surface area (Å²) >= 11 is 0. The standard InChI is InChI=1S/C27H30N2O8S/c1-6-29(38(32,33)21-13-7-18(2)8-14-21)19-9-11-20(12-10-19)37-17-26(30)28-23-16-25(35-4)24(34-3)15-22(23)27(31)36-5/h7-16H,6,17H2,1-5H3,(H,28,30). The van der Waals surface area contributed by atoms with Crippen LogP contribution in [0, 0.1) is 6.92 Å². The van der Waals surface area contributed by atoms with E-state index in [9.17, 15) is 18.0 Å². The van der Waals surface area contributed by atoms with E-state index < -0.39 is 21.9 Å². The molecule has 3 rings (SSSR count). The number of nitrogens with zero attached hydrogens (tertiary/aromatic N) is 1. The van der Waals surface area contributed by atoms with Gasteiger partial charge in [0.25, 0.3) is 15.9 Å². The minimum absolute atomic E-state index is 0.0808. The van der Waals surface area contributed by atoms with Gasteiger partial charge in [0.05, 0.1) is 43.2 Å². The zero-order chi connectivity index (χ0) is 27.9. The number of sulfonamides is 1. The SMILES string of the molecule is CCN(c1ccc(OCC(=O)Nc2cc(OC)c(OC)cc2C(=O)OC)cc1)S(=O)(=O)c1ccc(C)cc1. The van der Waals surface area contributed by atoms with Crippen molar-refractivity contribution in [3.63, 3.8) is 0 Å². The molecule has 0 saturated heterocycles. The van der Waals surface area contributed by atoms with Crippen molar-refractivity contribution in [2.24, 2.45) is 0 Å². The second-order valence-electron chi connectivity index (χ2n) is 8.06. The zero-order valence-corrected chi connectivity index (χ0v) is 22.6. The number of benzene rings is 3. The summed E-state index contributed by atoms with van der Waals surface area (Å²) in [6.45, 7) is 3.50. The fraction of sp³-hybridized carbons (Fsp3) is 0.259. The normalized spacial score (nSPS) is 10.9. The number of hydrogen-bond donors (Lipinski definition) is 1. The van der Waals surface area contributed by atoms with Crippen molar-refractivity contribution in [3.8, 4) is 17.2 Å². The Morgan fingerprint density at radius 3 is 2.05 bits per heavy atom. The molecule has 3 aromatic rings. The van der Waals surface area contributed by atoms with Crippen LogP contribution in [0.5, 0.6) is 17.2 Å². The molecule has 1 N–H and O–H groups in total. The Hall–Kier alpha value is -4.25. The topological polar surface area (TPSA) is 120 Å². The van der Waals surface area contributed by atoms with Gasteiger partial charge in [-0.05, 0) is 50.2 Å². The van der Waals surface area contributed by atoms with Crippen molar-refractivity contribution in [3.05, 3.63) is 71.8 Å². The fourth-order valence-electron chi connectivity index (χ4n) is 3.63. The monoisotopic (exact) mass is 542 g/mol. The Balaban J connectivity index is 1.71. The maximum Gasteiger partial charge on any atom is 0.340 e. The van der Waals surface area contributed by atoms with Gasteiger partial charge < -0.3 is 24.3 Å². The van der Waals surface area contributed by atoms with Crippen LogP contribution in [0.3, 0.4) is 0 Å². The molecule has 202 valence electrons. The van der Waals surface area contributed by atoms with E-state index in [0.29, 0.717) is 22.9 Å². The van der Waals surface area contributed by atoms with Crippen LogP contribution in [0.4, 0.5) is 11.4 Å². The largest absolute Gasteiger partial charge is 0.493 e. The number of carbonyl (C=O) groups is 2. The van der Waals surface area contributed by atoms with E-state index >= 15 is 0 Å². The van der Waals surface area contributed by atoms with Crippen molar-refractivity contribution in [1.82, 2.24) is 0 Å². The number of amides is 1. The summed E-state index contributed by atoms with van der Waals surface area (Å²) in [4.78, 5) is 25.0. The molecule has 0 fully saturated rings. The number of anilines is 2. The molecular weight excluding hydrogens is 512 g/mol. The minimum atomic E-state index is -3.75. The van der Waals surface area contributed by atoms with Crippen LogP contribution in [0.25, 0.3) is 0 Å². The summed E-state index contributed by atoms with van der Waals surface area (Å²) in [6, 6.07) is 15.9. The summed E-state index contributed by atoms with van der Waals surface area (Å²) in [7, 11) is 0.333. The number of nitrogens with one attached hydrogen (secondary N) is 1. The second kappa shape index (κ2) is 12.3. The summed E-state index contributed by atoms with van der Waals surface area (Å²) < 4.78 is 48.4. The van der Waals surface area contributed by atoms with E-state index in [1.807, 2.05) is 6.92 Å². The van der Waals surface area contributed by atoms with Crippen molar-refractivity contribution in [1.29, 1.82) is 0 Å². The van der Waals surface area contributed by atoms with Gasteiger partial charge in [0.2, 0.25) is 0 Å². The number of carbonyl (C=O) groups excluding carboxylic acids is 2. The molecule has 0 aliphatic carbocycles. The average molecular weight is 543 g/mol. The molecule has 0 unspecified atom stereocenters. The first-order valence-corrected chi connectivity index (χ1v) is 13.0. The molecule has 0 saturated carbocycles. The Morgan fingerprint density at radius 2 is 1.50 bits per heavy atom. The lowest BCUT2D eigenvalue weighted by Crippen LogP contribution is -2.30. The lowest BCUT2D eigenvalue weighted by molar-refractivity contribution is -0.118. The fourth-order valence-corrected chi connectivity index (χ4v) is 5.11. The summed E-state index contributed by atoms with van der Waals surface area (Å²) in [5.74, 6) is -0.239. The molecule has 3 aromatic carbocycles. The van der Waals surface area contributed by atoms with Gasteiger partial charge in [-0.25, -0.2) is 13.2 Å². The van der Waals surface area contributed by atoms with E-state index in [1.165, 1.54) is 37.8 Å². The molecule has 38 heavy (non-hydrogen) atoms. The Kier molecular flexibility index (Phi) is 9.19. The van der Waals surface area contributed by atoms with Crippen molar-refractivity contribution < 1.29 is 37.0 Å². The quantitative estimate of drug-likeness (QED) is 0.361. The van der Waals surface area contributed by atoms with Gasteiger partial charge >= 0.3 is 5.97 Å². The number of rotatable bonds is 11. The number of methoxy groups -OCH3 is 3. The van der Waals surface area contributed by atoms with Gasteiger partial charge in [-0.3, -0.25) is 9.10 Å². The highest BCUT2D eigenvalue weighted by Gasteiger charge is 2.24. The highest BCUT2D eigenvalue weighted by atomic mass is 32.2. The first kappa shape index (κ1) is 28.3.